The van der Waals surface area contributed by atoms with Gasteiger partial charge in [-0.2, -0.15) is 0 Å². The highest BCUT2D eigenvalue weighted by molar-refractivity contribution is 6.31. The second kappa shape index (κ2) is 4.90. The molecule has 0 spiro atoms. The zero-order valence-corrected chi connectivity index (χ0v) is 12.2. The Balaban J connectivity index is 2.63. The lowest BCUT2D eigenvalue weighted by Gasteiger charge is -2.25. The van der Waals surface area contributed by atoms with Crippen molar-refractivity contribution in [2.45, 2.75) is 39.8 Å². The molecule has 0 radical (unpaired) electrons. The summed E-state index contributed by atoms with van der Waals surface area (Å²) < 4.78 is 2.24. The van der Waals surface area contributed by atoms with E-state index >= 15 is 0 Å². The van der Waals surface area contributed by atoms with Crippen molar-refractivity contribution < 1.29 is 0 Å². The van der Waals surface area contributed by atoms with Crippen molar-refractivity contribution in [1.29, 1.82) is 0 Å². The third-order valence-electron chi connectivity index (χ3n) is 3.20. The molecule has 0 atom stereocenters. The summed E-state index contributed by atoms with van der Waals surface area (Å²) in [5, 5.41) is 4.20. The molecule has 2 aromatic rings. The molecule has 1 aromatic heterocycles. The fourth-order valence-electron chi connectivity index (χ4n) is 2.42. The third kappa shape index (κ3) is 2.25. The maximum atomic E-state index is 6.03. The first-order valence-electron chi connectivity index (χ1n) is 6.41. The Hall–Kier alpha value is -1.06. The maximum Gasteiger partial charge on any atom is 0.129 e. The van der Waals surface area contributed by atoms with Crippen molar-refractivity contribution in [2.24, 2.45) is 0 Å². The fraction of sp³-hybridized carbons (Fsp3) is 0.500. The van der Waals surface area contributed by atoms with Crippen LogP contribution in [0.25, 0.3) is 11.0 Å². The number of rotatable bonds is 4. The summed E-state index contributed by atoms with van der Waals surface area (Å²) in [6.07, 6.45) is 0. The molecular formula is C14H20ClN3. The smallest absolute Gasteiger partial charge is 0.129 e. The van der Waals surface area contributed by atoms with Crippen LogP contribution < -0.4 is 5.32 Å². The Labute approximate surface area is 113 Å². The molecule has 0 saturated heterocycles. The molecule has 1 heterocycles. The van der Waals surface area contributed by atoms with Crippen LogP contribution in [0.3, 0.4) is 0 Å². The van der Waals surface area contributed by atoms with Gasteiger partial charge in [0.05, 0.1) is 16.6 Å². The number of aromatic nitrogens is 2. The number of halogens is 1. The molecule has 18 heavy (non-hydrogen) atoms. The number of nitrogens with one attached hydrogen (secondary N) is 1. The summed E-state index contributed by atoms with van der Waals surface area (Å²) in [6, 6.07) is 5.88. The van der Waals surface area contributed by atoms with Gasteiger partial charge < -0.3 is 9.88 Å². The first-order valence-corrected chi connectivity index (χ1v) is 6.78. The van der Waals surface area contributed by atoms with E-state index in [0.717, 1.165) is 35.0 Å². The zero-order chi connectivity index (χ0) is 13.3. The van der Waals surface area contributed by atoms with E-state index < -0.39 is 0 Å². The van der Waals surface area contributed by atoms with Crippen molar-refractivity contribution in [2.75, 3.05) is 6.54 Å². The van der Waals surface area contributed by atoms with Gasteiger partial charge in [0.2, 0.25) is 0 Å². The summed E-state index contributed by atoms with van der Waals surface area (Å²) in [6.45, 7) is 10.4. The van der Waals surface area contributed by atoms with Gasteiger partial charge in [-0.15, -0.1) is 0 Å². The topological polar surface area (TPSA) is 29.9 Å². The van der Waals surface area contributed by atoms with Crippen molar-refractivity contribution in [3.8, 4) is 0 Å². The third-order valence-corrected chi connectivity index (χ3v) is 3.44. The average molecular weight is 266 g/mol. The normalized spacial score (nSPS) is 12.3. The number of hydrogen-bond acceptors (Lipinski definition) is 2. The van der Waals surface area contributed by atoms with Crippen LogP contribution in [0, 0.1) is 0 Å². The molecular weight excluding hydrogens is 246 g/mol. The molecule has 0 saturated carbocycles. The Morgan fingerprint density at radius 2 is 2.06 bits per heavy atom. The summed E-state index contributed by atoms with van der Waals surface area (Å²) in [5.41, 5.74) is 1.96. The van der Waals surface area contributed by atoms with Crippen molar-refractivity contribution in [3.05, 3.63) is 29.0 Å². The lowest BCUT2D eigenvalue weighted by molar-refractivity contribution is 0.377. The average Bonchev–Trinajstić information content (AvgIpc) is 2.67. The SMILES string of the molecule is CCNC(C)(C)c1nc2cc(Cl)ccc2n1CC. The van der Waals surface area contributed by atoms with E-state index in [4.69, 9.17) is 16.6 Å². The Bertz CT molecular complexity index is 557. The molecule has 0 unspecified atom stereocenters. The van der Waals surface area contributed by atoms with Gasteiger partial charge >= 0.3 is 0 Å². The molecule has 0 aliphatic rings. The molecule has 0 aliphatic carbocycles. The van der Waals surface area contributed by atoms with Crippen molar-refractivity contribution in [3.63, 3.8) is 0 Å². The van der Waals surface area contributed by atoms with Gasteiger partial charge in [0.15, 0.2) is 0 Å². The van der Waals surface area contributed by atoms with Gasteiger partial charge in [-0.25, -0.2) is 4.98 Å². The van der Waals surface area contributed by atoms with E-state index in [1.54, 1.807) is 0 Å². The van der Waals surface area contributed by atoms with Gasteiger partial charge in [-0.05, 0) is 45.5 Å². The van der Waals surface area contributed by atoms with Crippen LogP contribution in [0.4, 0.5) is 0 Å². The van der Waals surface area contributed by atoms with Crippen LogP contribution in [0.5, 0.6) is 0 Å². The van der Waals surface area contributed by atoms with Crippen LogP contribution >= 0.6 is 11.6 Å². The Kier molecular flexibility index (Phi) is 3.64. The highest BCUT2D eigenvalue weighted by Crippen LogP contribution is 2.26. The molecule has 98 valence electrons. The number of hydrogen-bond donors (Lipinski definition) is 1. The van der Waals surface area contributed by atoms with Crippen LogP contribution in [0.15, 0.2) is 18.2 Å². The van der Waals surface area contributed by atoms with Crippen LogP contribution in [-0.4, -0.2) is 16.1 Å². The predicted octanol–water partition coefficient (Wildman–Crippen LogP) is 3.55. The second-order valence-electron chi connectivity index (χ2n) is 4.97. The highest BCUT2D eigenvalue weighted by atomic mass is 35.5. The van der Waals surface area contributed by atoms with Crippen LogP contribution in [-0.2, 0) is 12.1 Å². The number of aryl methyl sites for hydroxylation is 1. The first kappa shape index (κ1) is 13.4. The molecule has 0 aliphatic heterocycles. The van der Waals surface area contributed by atoms with E-state index in [1.165, 1.54) is 0 Å². The van der Waals surface area contributed by atoms with Gasteiger partial charge in [0.25, 0.3) is 0 Å². The monoisotopic (exact) mass is 265 g/mol. The van der Waals surface area contributed by atoms with Crippen molar-refractivity contribution >= 4 is 22.6 Å². The number of fused-ring (bicyclic) bond motifs is 1. The molecule has 3 nitrogen and oxygen atoms in total. The van der Waals surface area contributed by atoms with E-state index in [1.807, 2.05) is 18.2 Å². The van der Waals surface area contributed by atoms with E-state index in [0.29, 0.717) is 0 Å². The van der Waals surface area contributed by atoms with Gasteiger partial charge in [-0.3, -0.25) is 0 Å². The molecule has 2 rings (SSSR count). The maximum absolute atomic E-state index is 6.03. The summed E-state index contributed by atoms with van der Waals surface area (Å²) in [5.74, 6) is 1.06. The molecule has 0 amide bonds. The number of imidazole rings is 1. The first-order chi connectivity index (χ1) is 8.49. The Morgan fingerprint density at radius 3 is 2.67 bits per heavy atom. The van der Waals surface area contributed by atoms with E-state index in [2.05, 4.69) is 37.6 Å². The fourth-order valence-corrected chi connectivity index (χ4v) is 2.59. The van der Waals surface area contributed by atoms with Crippen LogP contribution in [0.1, 0.15) is 33.5 Å². The Morgan fingerprint density at radius 1 is 1.33 bits per heavy atom. The molecule has 0 fully saturated rings. The van der Waals surface area contributed by atoms with E-state index in [9.17, 15) is 0 Å². The minimum absolute atomic E-state index is 0.143. The minimum Gasteiger partial charge on any atom is -0.327 e. The van der Waals surface area contributed by atoms with Gasteiger partial charge in [0.1, 0.15) is 5.82 Å². The highest BCUT2D eigenvalue weighted by Gasteiger charge is 2.26. The summed E-state index contributed by atoms with van der Waals surface area (Å²) >= 11 is 6.03. The molecule has 1 aromatic carbocycles. The van der Waals surface area contributed by atoms with E-state index in [-0.39, 0.29) is 5.54 Å². The summed E-state index contributed by atoms with van der Waals surface area (Å²) in [7, 11) is 0. The minimum atomic E-state index is -0.143. The zero-order valence-electron chi connectivity index (χ0n) is 11.4. The number of nitrogens with zero attached hydrogens (tertiary/aromatic N) is 2. The van der Waals surface area contributed by atoms with Crippen LogP contribution in [0.2, 0.25) is 5.02 Å². The molecule has 4 heteroatoms. The predicted molar refractivity (Wildman–Crippen MR) is 77.1 cm³/mol. The molecule has 1 N–H and O–H groups in total. The second-order valence-corrected chi connectivity index (χ2v) is 5.40. The van der Waals surface area contributed by atoms with Gasteiger partial charge in [-0.1, -0.05) is 18.5 Å². The van der Waals surface area contributed by atoms with Gasteiger partial charge in [0, 0.05) is 11.6 Å². The number of benzene rings is 1. The summed E-state index contributed by atoms with van der Waals surface area (Å²) in [4.78, 5) is 4.75. The lowest BCUT2D eigenvalue weighted by Crippen LogP contribution is -2.38. The largest absolute Gasteiger partial charge is 0.327 e. The lowest BCUT2D eigenvalue weighted by atomic mass is 10.0. The molecule has 0 bridgehead atoms. The standard InChI is InChI=1S/C14H20ClN3/c1-5-16-14(3,4)13-17-11-9-10(15)7-8-12(11)18(13)6-2/h7-9,16H,5-6H2,1-4H3. The quantitative estimate of drug-likeness (QED) is 0.916. The van der Waals surface area contributed by atoms with Crippen molar-refractivity contribution in [1.82, 2.24) is 14.9 Å².